The number of benzene rings is 1. The van der Waals surface area contributed by atoms with Gasteiger partial charge in [0.05, 0.1) is 29.5 Å². The number of pyridine rings is 1. The summed E-state index contributed by atoms with van der Waals surface area (Å²) in [7, 11) is 0. The van der Waals surface area contributed by atoms with Gasteiger partial charge in [-0.05, 0) is 74.4 Å². The van der Waals surface area contributed by atoms with Crippen molar-refractivity contribution in [1.29, 1.82) is 0 Å². The minimum Gasteiger partial charge on any atom is -0.505 e. The molecule has 0 atom stereocenters. The maximum absolute atomic E-state index is 14.0. The minimum atomic E-state index is -4.60. The lowest BCUT2D eigenvalue weighted by Gasteiger charge is -2.25. The van der Waals surface area contributed by atoms with Crippen molar-refractivity contribution >= 4 is 40.5 Å². The summed E-state index contributed by atoms with van der Waals surface area (Å²) in [6.45, 7) is 1.17. The van der Waals surface area contributed by atoms with Crippen LogP contribution in [0.2, 0.25) is 5.02 Å². The molecule has 1 aromatic carbocycles. The van der Waals surface area contributed by atoms with E-state index in [0.717, 1.165) is 23.8 Å². The Balaban J connectivity index is 1.35. The molecule has 0 spiro atoms. The zero-order chi connectivity index (χ0) is 34.0. The van der Waals surface area contributed by atoms with Gasteiger partial charge >= 0.3 is 6.18 Å². The van der Waals surface area contributed by atoms with Crippen molar-refractivity contribution in [2.24, 2.45) is 0 Å². The summed E-state index contributed by atoms with van der Waals surface area (Å²) in [5.41, 5.74) is 0.409. The van der Waals surface area contributed by atoms with Gasteiger partial charge in [-0.25, -0.2) is 4.98 Å². The van der Waals surface area contributed by atoms with Crippen LogP contribution in [0.25, 0.3) is 11.4 Å². The largest absolute Gasteiger partial charge is 0.505 e. The molecule has 6 rings (SSSR count). The number of fused-ring (bicyclic) bond motifs is 2. The summed E-state index contributed by atoms with van der Waals surface area (Å²) >= 11 is 6.11. The number of nitrogens with zero attached hydrogens (tertiary/aromatic N) is 6. The predicted octanol–water partition coefficient (Wildman–Crippen LogP) is 4.52. The lowest BCUT2D eigenvalue weighted by atomic mass is 10.0. The molecule has 4 aromatic rings. The fourth-order valence-corrected chi connectivity index (χ4v) is 6.14. The van der Waals surface area contributed by atoms with Gasteiger partial charge in [0.25, 0.3) is 11.5 Å². The molecule has 2 aliphatic heterocycles. The monoisotopic (exact) mass is 685 g/mol. The predicted molar refractivity (Wildman–Crippen MR) is 169 cm³/mol. The number of amides is 2. The van der Waals surface area contributed by atoms with Crippen LogP contribution in [0, 0.1) is 0 Å². The van der Waals surface area contributed by atoms with E-state index >= 15 is 0 Å². The maximum Gasteiger partial charge on any atom is 0.416 e. The highest BCUT2D eigenvalue weighted by Crippen LogP contribution is 2.34. The number of ether oxygens (including phenoxy) is 1. The highest BCUT2D eigenvalue weighted by atomic mass is 35.5. The van der Waals surface area contributed by atoms with Crippen molar-refractivity contribution in [3.8, 4) is 5.75 Å². The van der Waals surface area contributed by atoms with Crippen molar-refractivity contribution in [2.45, 2.75) is 51.2 Å². The number of aromatic hydroxyl groups is 1. The number of nitrogens with one attached hydrogen (secondary N) is 1. The van der Waals surface area contributed by atoms with Crippen LogP contribution in [0.1, 0.15) is 58.8 Å². The van der Waals surface area contributed by atoms with Gasteiger partial charge in [-0.3, -0.25) is 14.4 Å². The molecule has 2 amide bonds. The van der Waals surface area contributed by atoms with E-state index in [1.54, 1.807) is 9.47 Å². The SMILES string of the molecule is O=C(Cn1c2c(c(=O)n3nc(C4=CCOCC4)nc13)CCCN(C(=O)c1ncccc1O)CCCC2)Nc1ccc(C(F)(F)F)cc1Cl. The quantitative estimate of drug-likeness (QED) is 0.312. The molecule has 0 radical (unpaired) electrons. The Bertz CT molecular complexity index is 1970. The number of hydrogen-bond donors (Lipinski definition) is 2. The summed E-state index contributed by atoms with van der Waals surface area (Å²) in [4.78, 5) is 51.0. The van der Waals surface area contributed by atoms with E-state index < -0.39 is 29.1 Å². The van der Waals surface area contributed by atoms with E-state index in [1.807, 2.05) is 6.08 Å². The highest BCUT2D eigenvalue weighted by Gasteiger charge is 2.31. The minimum absolute atomic E-state index is 0.00104. The fraction of sp³-hybridized carbons (Fsp3) is 0.375. The number of halogens is 4. The molecule has 0 fully saturated rings. The smallest absolute Gasteiger partial charge is 0.416 e. The van der Waals surface area contributed by atoms with Crippen LogP contribution in [0.5, 0.6) is 5.75 Å². The van der Waals surface area contributed by atoms with Gasteiger partial charge in [-0.15, -0.1) is 5.10 Å². The number of aromatic nitrogens is 5. The second-order valence-corrected chi connectivity index (χ2v) is 11.9. The van der Waals surface area contributed by atoms with Crippen molar-refractivity contribution in [3.63, 3.8) is 0 Å². The Morgan fingerprint density at radius 1 is 1.08 bits per heavy atom. The standard InChI is InChI=1S/C32H31ClF3N7O5/c33-22-17-20(32(34,35)36)8-9-23(22)38-26(45)18-42-24-6-1-2-13-41(30(47)27-25(44)7-3-12-37-27)14-4-5-21(24)29(46)43-31(42)39-28(40-43)19-10-15-48-16-11-19/h3,7-10,12,17,44H,1-2,4-6,11,13-16,18H2,(H,38,45). The van der Waals surface area contributed by atoms with Crippen molar-refractivity contribution in [2.75, 3.05) is 31.6 Å². The van der Waals surface area contributed by atoms with Crippen molar-refractivity contribution < 1.29 is 32.6 Å². The third kappa shape index (κ3) is 6.92. The van der Waals surface area contributed by atoms with Crippen LogP contribution in [0.4, 0.5) is 18.9 Å². The molecule has 5 heterocycles. The van der Waals surface area contributed by atoms with Gasteiger partial charge in [0.1, 0.15) is 12.3 Å². The van der Waals surface area contributed by atoms with E-state index in [-0.39, 0.29) is 47.4 Å². The summed E-state index contributed by atoms with van der Waals surface area (Å²) in [6.07, 6.45) is 1.30. The van der Waals surface area contributed by atoms with Crippen LogP contribution in [0.15, 0.2) is 47.4 Å². The first kappa shape index (κ1) is 33.2. The van der Waals surface area contributed by atoms with Crippen LogP contribution in [-0.4, -0.2) is 72.3 Å². The van der Waals surface area contributed by atoms with E-state index in [0.29, 0.717) is 68.9 Å². The average Bonchev–Trinajstić information content (AvgIpc) is 3.52. The molecule has 48 heavy (non-hydrogen) atoms. The summed E-state index contributed by atoms with van der Waals surface area (Å²) < 4.78 is 47.7. The van der Waals surface area contributed by atoms with Crippen molar-refractivity contribution in [1.82, 2.24) is 29.0 Å². The third-order valence-electron chi connectivity index (χ3n) is 8.30. The first-order valence-corrected chi connectivity index (χ1v) is 15.8. The average molecular weight is 686 g/mol. The number of anilines is 1. The Labute approximate surface area is 276 Å². The number of carbonyl (C=O) groups excluding carboxylic acids is 2. The number of rotatable bonds is 5. The van der Waals surface area contributed by atoms with Gasteiger partial charge in [0, 0.05) is 30.5 Å². The van der Waals surface area contributed by atoms with Gasteiger partial charge in [-0.1, -0.05) is 17.7 Å². The molecule has 0 unspecified atom stereocenters. The molecule has 0 aliphatic carbocycles. The maximum atomic E-state index is 14.0. The molecule has 12 nitrogen and oxygen atoms in total. The second-order valence-electron chi connectivity index (χ2n) is 11.5. The Morgan fingerprint density at radius 3 is 2.62 bits per heavy atom. The molecule has 252 valence electrons. The third-order valence-corrected chi connectivity index (χ3v) is 8.61. The molecular weight excluding hydrogens is 655 g/mol. The Kier molecular flexibility index (Phi) is 9.51. The Hall–Kier alpha value is -4.76. The zero-order valence-electron chi connectivity index (χ0n) is 25.6. The number of hydrogen-bond acceptors (Lipinski definition) is 8. The van der Waals surface area contributed by atoms with Crippen molar-refractivity contribution in [3.05, 3.63) is 86.3 Å². The van der Waals surface area contributed by atoms with E-state index in [2.05, 4.69) is 20.4 Å². The van der Waals surface area contributed by atoms with Gasteiger partial charge < -0.3 is 24.6 Å². The highest BCUT2D eigenvalue weighted by molar-refractivity contribution is 6.33. The van der Waals surface area contributed by atoms with Gasteiger partial charge in [0.2, 0.25) is 11.7 Å². The topological polar surface area (TPSA) is 144 Å². The lowest BCUT2D eigenvalue weighted by Crippen LogP contribution is -2.36. The molecule has 0 bridgehead atoms. The Morgan fingerprint density at radius 2 is 1.90 bits per heavy atom. The van der Waals surface area contributed by atoms with Gasteiger partial charge in [-0.2, -0.15) is 22.7 Å². The molecule has 16 heteroatoms. The van der Waals surface area contributed by atoms with E-state index in [4.69, 9.17) is 16.3 Å². The van der Waals surface area contributed by atoms with Crippen LogP contribution >= 0.6 is 11.6 Å². The lowest BCUT2D eigenvalue weighted by molar-refractivity contribution is -0.137. The zero-order valence-corrected chi connectivity index (χ0v) is 26.4. The van der Waals surface area contributed by atoms with E-state index in [9.17, 15) is 32.7 Å². The van der Waals surface area contributed by atoms with Crippen LogP contribution in [-0.2, 0) is 35.1 Å². The first-order chi connectivity index (χ1) is 23.0. The molecule has 2 aliphatic rings. The second kappa shape index (κ2) is 13.8. The molecule has 0 saturated carbocycles. The first-order valence-electron chi connectivity index (χ1n) is 15.4. The van der Waals surface area contributed by atoms with Crippen LogP contribution in [0.3, 0.4) is 0 Å². The summed E-state index contributed by atoms with van der Waals surface area (Å²) in [5, 5.41) is 17.0. The molecule has 2 N–H and O–H groups in total. The number of carbonyl (C=O) groups is 2. The fourth-order valence-electron chi connectivity index (χ4n) is 5.91. The van der Waals surface area contributed by atoms with E-state index in [1.165, 1.54) is 22.8 Å². The molecular formula is C32H31ClF3N7O5. The normalized spacial score (nSPS) is 15.9. The molecule has 3 aromatic heterocycles. The summed E-state index contributed by atoms with van der Waals surface area (Å²) in [5.74, 6) is -0.744. The van der Waals surface area contributed by atoms with Gasteiger partial charge in [0.15, 0.2) is 11.5 Å². The van der Waals surface area contributed by atoms with Crippen LogP contribution < -0.4 is 10.9 Å². The molecule has 0 saturated heterocycles. The summed E-state index contributed by atoms with van der Waals surface area (Å²) in [6, 6.07) is 5.59. The number of alkyl halides is 3.